The summed E-state index contributed by atoms with van der Waals surface area (Å²) in [4.78, 5) is 30.6. The zero-order valence-electron chi connectivity index (χ0n) is 18.0. The number of nitrogens with one attached hydrogen (secondary N) is 1. The van der Waals surface area contributed by atoms with E-state index in [1.54, 1.807) is 6.07 Å². The van der Waals surface area contributed by atoms with Gasteiger partial charge in [-0.15, -0.1) is 0 Å². The lowest BCUT2D eigenvalue weighted by molar-refractivity contribution is -0.898. The van der Waals surface area contributed by atoms with E-state index in [0.29, 0.717) is 44.0 Å². The summed E-state index contributed by atoms with van der Waals surface area (Å²) < 4.78 is 14.8. The maximum atomic E-state index is 14.8. The van der Waals surface area contributed by atoms with Gasteiger partial charge in [-0.25, -0.2) is 4.39 Å². The molecular formula is C21H33FN5O3+. The highest BCUT2D eigenvalue weighted by atomic mass is 19.1. The van der Waals surface area contributed by atoms with Crippen LogP contribution in [0.3, 0.4) is 0 Å². The number of nitro benzene ring substituents is 1. The molecule has 1 amide bonds. The summed E-state index contributed by atoms with van der Waals surface area (Å²) in [5.74, 6) is -0.402. The Morgan fingerprint density at radius 2 is 1.70 bits per heavy atom. The van der Waals surface area contributed by atoms with E-state index in [0.717, 1.165) is 51.6 Å². The molecule has 8 nitrogen and oxygen atoms in total. The molecular weight excluding hydrogens is 389 g/mol. The van der Waals surface area contributed by atoms with Gasteiger partial charge in [0.15, 0.2) is 5.82 Å². The summed E-state index contributed by atoms with van der Waals surface area (Å²) in [7, 11) is 0. The topological polar surface area (TPSA) is 74.4 Å². The first kappa shape index (κ1) is 22.3. The summed E-state index contributed by atoms with van der Waals surface area (Å²) in [6.45, 7) is 10.7. The van der Waals surface area contributed by atoms with Crippen molar-refractivity contribution in [2.45, 2.75) is 33.1 Å². The minimum atomic E-state index is -0.543. The minimum absolute atomic E-state index is 0.141. The molecule has 2 heterocycles. The maximum Gasteiger partial charge on any atom is 0.295 e. The van der Waals surface area contributed by atoms with Gasteiger partial charge in [-0.2, -0.15) is 0 Å². The van der Waals surface area contributed by atoms with Gasteiger partial charge in [0.1, 0.15) is 5.69 Å². The molecule has 30 heavy (non-hydrogen) atoms. The molecule has 0 spiro atoms. The third kappa shape index (κ3) is 5.00. The van der Waals surface area contributed by atoms with Crippen molar-refractivity contribution in [1.29, 1.82) is 0 Å². The number of nitro groups is 1. The van der Waals surface area contributed by atoms with E-state index in [1.807, 2.05) is 14.7 Å². The third-order valence-electron chi connectivity index (χ3n) is 6.27. The van der Waals surface area contributed by atoms with Gasteiger partial charge < -0.3 is 19.6 Å². The quantitative estimate of drug-likeness (QED) is 0.530. The molecule has 0 saturated carbocycles. The van der Waals surface area contributed by atoms with Gasteiger partial charge in [0.25, 0.3) is 5.69 Å². The molecule has 1 aromatic rings. The number of nitrogens with zero attached hydrogens (tertiary/aromatic N) is 4. The van der Waals surface area contributed by atoms with Crippen molar-refractivity contribution in [3.8, 4) is 0 Å². The van der Waals surface area contributed by atoms with Crippen LogP contribution >= 0.6 is 0 Å². The lowest BCUT2D eigenvalue weighted by Gasteiger charge is -2.37. The van der Waals surface area contributed by atoms with Crippen LogP contribution in [0, 0.1) is 15.9 Å². The van der Waals surface area contributed by atoms with Crippen molar-refractivity contribution >= 4 is 23.0 Å². The monoisotopic (exact) mass is 422 g/mol. The van der Waals surface area contributed by atoms with Crippen molar-refractivity contribution in [3.63, 3.8) is 0 Å². The molecule has 0 bridgehead atoms. The van der Waals surface area contributed by atoms with Crippen LogP contribution in [0.1, 0.15) is 33.1 Å². The summed E-state index contributed by atoms with van der Waals surface area (Å²) >= 11 is 0. The molecule has 2 saturated heterocycles. The zero-order chi connectivity index (χ0) is 21.7. The van der Waals surface area contributed by atoms with Gasteiger partial charge in [-0.3, -0.25) is 14.9 Å². The number of amides is 1. The number of benzene rings is 1. The largest absolute Gasteiger partial charge is 0.362 e. The Bertz CT molecular complexity index is 759. The first-order chi connectivity index (χ1) is 14.4. The zero-order valence-corrected chi connectivity index (χ0v) is 18.0. The van der Waals surface area contributed by atoms with E-state index in [-0.39, 0.29) is 11.6 Å². The molecule has 2 aliphatic heterocycles. The second-order valence-corrected chi connectivity index (χ2v) is 8.11. The average molecular weight is 423 g/mol. The van der Waals surface area contributed by atoms with Gasteiger partial charge in [0.2, 0.25) is 5.91 Å². The fourth-order valence-electron chi connectivity index (χ4n) is 4.28. The van der Waals surface area contributed by atoms with Crippen LogP contribution in [0.4, 0.5) is 21.5 Å². The van der Waals surface area contributed by atoms with E-state index >= 15 is 0 Å². The van der Waals surface area contributed by atoms with E-state index in [1.165, 1.54) is 4.90 Å². The van der Waals surface area contributed by atoms with Crippen LogP contribution in [-0.4, -0.2) is 74.6 Å². The molecule has 0 atom stereocenters. The molecule has 166 valence electrons. The van der Waals surface area contributed by atoms with Crippen LogP contribution in [-0.2, 0) is 4.79 Å². The van der Waals surface area contributed by atoms with Gasteiger partial charge >= 0.3 is 0 Å². The number of halogens is 1. The Hall–Kier alpha value is -2.42. The molecule has 0 aliphatic carbocycles. The predicted molar refractivity (Wildman–Crippen MR) is 115 cm³/mol. The normalized spacial score (nSPS) is 18.0. The van der Waals surface area contributed by atoms with E-state index in [2.05, 4.69) is 13.8 Å². The van der Waals surface area contributed by atoms with Crippen LogP contribution in [0.15, 0.2) is 12.1 Å². The second-order valence-electron chi connectivity index (χ2n) is 8.11. The predicted octanol–water partition coefficient (Wildman–Crippen LogP) is 1.30. The Labute approximate surface area is 177 Å². The number of unbranched alkanes of at least 4 members (excludes halogenated alkanes) is 1. The lowest BCUT2D eigenvalue weighted by atomic mass is 10.1. The highest BCUT2D eigenvalue weighted by Crippen LogP contribution is 2.35. The van der Waals surface area contributed by atoms with Gasteiger partial charge in [-0.05, 0) is 19.4 Å². The van der Waals surface area contributed by atoms with Crippen molar-refractivity contribution in [2.24, 2.45) is 0 Å². The van der Waals surface area contributed by atoms with Crippen LogP contribution in [0.2, 0.25) is 0 Å². The number of hydrogen-bond donors (Lipinski definition) is 1. The van der Waals surface area contributed by atoms with Crippen LogP contribution in [0.5, 0.6) is 0 Å². The molecule has 0 radical (unpaired) electrons. The van der Waals surface area contributed by atoms with Crippen LogP contribution < -0.4 is 14.7 Å². The Morgan fingerprint density at radius 3 is 2.27 bits per heavy atom. The summed E-state index contributed by atoms with van der Waals surface area (Å²) in [6, 6.07) is 2.70. The first-order valence-electron chi connectivity index (χ1n) is 11.0. The number of hydrogen-bond acceptors (Lipinski definition) is 5. The smallest absolute Gasteiger partial charge is 0.295 e. The average Bonchev–Trinajstić information content (AvgIpc) is 2.77. The molecule has 2 fully saturated rings. The fraction of sp³-hybridized carbons (Fsp3) is 0.667. The minimum Gasteiger partial charge on any atom is -0.362 e. The fourth-order valence-corrected chi connectivity index (χ4v) is 4.28. The van der Waals surface area contributed by atoms with Gasteiger partial charge in [0.05, 0.1) is 49.4 Å². The molecule has 2 aliphatic rings. The van der Waals surface area contributed by atoms with E-state index < -0.39 is 10.7 Å². The molecule has 9 heteroatoms. The number of quaternary nitrogens is 1. The standard InChI is InChI=1S/C21H32FN5O3/c1-3-5-6-21(28)26-13-11-25(12-14-26)19-16-18(17(22)15-20(19)27(29)30)24-9-7-23(4-2)8-10-24/h15-16H,3-14H2,1-2H3/p+1. The second kappa shape index (κ2) is 10.1. The number of carbonyl (C=O) groups is 1. The Kier molecular flexibility index (Phi) is 7.47. The number of rotatable bonds is 7. The van der Waals surface area contributed by atoms with Crippen LogP contribution in [0.25, 0.3) is 0 Å². The summed E-state index contributed by atoms with van der Waals surface area (Å²) in [5, 5.41) is 11.6. The SMILES string of the molecule is CCCCC(=O)N1CCN(c2cc(N3CC[NH+](CC)CC3)c(F)cc2[N+](=O)[O-])CC1. The van der Waals surface area contributed by atoms with Gasteiger partial charge in [0, 0.05) is 32.6 Å². The Balaban J connectivity index is 1.77. The first-order valence-corrected chi connectivity index (χ1v) is 11.0. The molecule has 0 aromatic heterocycles. The lowest BCUT2D eigenvalue weighted by Crippen LogP contribution is -3.14. The third-order valence-corrected chi connectivity index (χ3v) is 6.27. The number of piperazine rings is 2. The summed E-state index contributed by atoms with van der Waals surface area (Å²) in [6.07, 6.45) is 2.40. The highest BCUT2D eigenvalue weighted by Gasteiger charge is 2.29. The van der Waals surface area contributed by atoms with Crippen molar-refractivity contribution in [2.75, 3.05) is 68.7 Å². The molecule has 0 unspecified atom stereocenters. The van der Waals surface area contributed by atoms with Crippen molar-refractivity contribution < 1.29 is 19.0 Å². The summed E-state index contributed by atoms with van der Waals surface area (Å²) in [5.41, 5.74) is 0.675. The van der Waals surface area contributed by atoms with E-state index in [4.69, 9.17) is 0 Å². The molecule has 3 rings (SSSR count). The number of anilines is 2. The molecule has 1 N–H and O–H groups in total. The number of carbonyl (C=O) groups excluding carboxylic acids is 1. The van der Waals surface area contributed by atoms with Gasteiger partial charge in [-0.1, -0.05) is 13.3 Å². The highest BCUT2D eigenvalue weighted by molar-refractivity contribution is 5.77. The number of likely N-dealkylation sites (N-methyl/N-ethyl adjacent to an activating group) is 1. The van der Waals surface area contributed by atoms with E-state index in [9.17, 15) is 19.3 Å². The molecule has 1 aromatic carbocycles. The van der Waals surface area contributed by atoms with Crippen molar-refractivity contribution in [1.82, 2.24) is 4.90 Å². The van der Waals surface area contributed by atoms with Crippen molar-refractivity contribution in [3.05, 3.63) is 28.1 Å². The maximum absolute atomic E-state index is 14.8. The Morgan fingerprint density at radius 1 is 1.07 bits per heavy atom.